The minimum atomic E-state index is -1.60. The molecule has 1 saturated heterocycles. The van der Waals surface area contributed by atoms with Crippen LogP contribution in [0.25, 0.3) is 0 Å². The molecule has 0 aromatic heterocycles. The molecule has 1 N–H and O–H groups in total. The summed E-state index contributed by atoms with van der Waals surface area (Å²) in [5, 5.41) is 8.61. The van der Waals surface area contributed by atoms with E-state index in [4.69, 9.17) is 9.84 Å². The fourth-order valence-corrected chi connectivity index (χ4v) is 1.14. The Kier molecular flexibility index (Phi) is 1.72. The van der Waals surface area contributed by atoms with Gasteiger partial charge in [0.1, 0.15) is 0 Å². The molecule has 0 saturated carbocycles. The van der Waals surface area contributed by atoms with Crippen LogP contribution in [-0.2, 0) is 14.3 Å². The van der Waals surface area contributed by atoms with Crippen LogP contribution in [0.4, 0.5) is 0 Å². The molecule has 4 heteroatoms. The summed E-state index contributed by atoms with van der Waals surface area (Å²) in [6, 6.07) is 0. The predicted molar refractivity (Wildman–Crippen MR) is 36.2 cm³/mol. The summed E-state index contributed by atoms with van der Waals surface area (Å²) in [4.78, 5) is 21.6. The van der Waals surface area contributed by atoms with Crippen molar-refractivity contribution < 1.29 is 19.4 Å². The normalized spacial score (nSPS) is 37.6. The minimum Gasteiger partial charge on any atom is -0.479 e. The third kappa shape index (κ3) is 1.14. The molecule has 0 bridgehead atoms. The molecule has 2 atom stereocenters. The van der Waals surface area contributed by atoms with E-state index in [0.29, 0.717) is 0 Å². The molecule has 0 spiro atoms. The van der Waals surface area contributed by atoms with Crippen LogP contribution in [0.5, 0.6) is 0 Å². The van der Waals surface area contributed by atoms with E-state index >= 15 is 0 Å². The fourth-order valence-electron chi connectivity index (χ4n) is 1.14. The number of carbonyl (C=O) groups excluding carboxylic acids is 1. The maximum atomic E-state index is 11.0. The number of Topliss-reactive ketones (excluding diaryl/α,β-unsaturated/α-hetero) is 1. The van der Waals surface area contributed by atoms with Gasteiger partial charge in [-0.05, 0) is 13.8 Å². The lowest BCUT2D eigenvalue weighted by atomic mass is 10.0. The van der Waals surface area contributed by atoms with E-state index in [1.54, 1.807) is 6.92 Å². The van der Waals surface area contributed by atoms with E-state index in [0.717, 1.165) is 0 Å². The van der Waals surface area contributed by atoms with E-state index in [1.807, 2.05) is 0 Å². The van der Waals surface area contributed by atoms with Gasteiger partial charge in [0, 0.05) is 6.42 Å². The van der Waals surface area contributed by atoms with Gasteiger partial charge in [-0.15, -0.1) is 0 Å². The highest BCUT2D eigenvalue weighted by molar-refractivity contribution is 6.07. The molecule has 4 nitrogen and oxygen atoms in total. The zero-order valence-electron chi connectivity index (χ0n) is 6.46. The Hall–Kier alpha value is -0.900. The van der Waals surface area contributed by atoms with Crippen molar-refractivity contribution in [1.82, 2.24) is 0 Å². The molecule has 0 aliphatic carbocycles. The zero-order chi connectivity index (χ0) is 8.65. The van der Waals surface area contributed by atoms with E-state index in [1.165, 1.54) is 6.92 Å². The van der Waals surface area contributed by atoms with Gasteiger partial charge in [0.15, 0.2) is 5.78 Å². The molecule has 1 aliphatic heterocycles. The predicted octanol–water partition coefficient (Wildman–Crippen LogP) is 0.208. The number of ether oxygens (including phenoxy) is 1. The number of aliphatic carboxylic acids is 1. The average Bonchev–Trinajstić information content (AvgIpc) is 2.08. The summed E-state index contributed by atoms with van der Waals surface area (Å²) < 4.78 is 4.97. The maximum Gasteiger partial charge on any atom is 0.343 e. The lowest BCUT2D eigenvalue weighted by Crippen LogP contribution is -2.41. The number of hydrogen-bond acceptors (Lipinski definition) is 3. The van der Waals surface area contributed by atoms with E-state index < -0.39 is 11.6 Å². The van der Waals surface area contributed by atoms with E-state index in [2.05, 4.69) is 0 Å². The summed E-state index contributed by atoms with van der Waals surface area (Å²) in [7, 11) is 0. The van der Waals surface area contributed by atoms with Crippen LogP contribution in [0.2, 0.25) is 0 Å². The van der Waals surface area contributed by atoms with Gasteiger partial charge in [0.05, 0.1) is 6.10 Å². The van der Waals surface area contributed by atoms with Crippen molar-refractivity contribution in [1.29, 1.82) is 0 Å². The van der Waals surface area contributed by atoms with Gasteiger partial charge in [0.25, 0.3) is 0 Å². The molecular weight excluding hydrogens is 148 g/mol. The second-order valence-electron chi connectivity index (χ2n) is 2.89. The first kappa shape index (κ1) is 8.20. The molecule has 0 aromatic carbocycles. The Bertz CT molecular complexity index is 210. The Morgan fingerprint density at radius 1 is 1.82 bits per heavy atom. The van der Waals surface area contributed by atoms with Crippen molar-refractivity contribution >= 4 is 11.8 Å². The second kappa shape index (κ2) is 2.30. The Morgan fingerprint density at radius 2 is 2.36 bits per heavy atom. The van der Waals surface area contributed by atoms with Crippen molar-refractivity contribution in [3.8, 4) is 0 Å². The summed E-state index contributed by atoms with van der Waals surface area (Å²) in [5.74, 6) is -1.55. The largest absolute Gasteiger partial charge is 0.479 e. The van der Waals surface area contributed by atoms with Crippen LogP contribution in [0.3, 0.4) is 0 Å². The average molecular weight is 158 g/mol. The van der Waals surface area contributed by atoms with Crippen molar-refractivity contribution in [2.45, 2.75) is 32.0 Å². The molecule has 1 fully saturated rings. The Labute approximate surface area is 64.2 Å². The highest BCUT2D eigenvalue weighted by Crippen LogP contribution is 2.26. The first-order chi connectivity index (χ1) is 4.97. The molecular formula is C7H10O4. The Balaban J connectivity index is 2.88. The van der Waals surface area contributed by atoms with Crippen LogP contribution in [-0.4, -0.2) is 28.6 Å². The van der Waals surface area contributed by atoms with Crippen molar-refractivity contribution in [2.75, 3.05) is 0 Å². The summed E-state index contributed by atoms with van der Waals surface area (Å²) in [6.45, 7) is 2.98. The van der Waals surface area contributed by atoms with Crippen LogP contribution < -0.4 is 0 Å². The van der Waals surface area contributed by atoms with Gasteiger partial charge in [-0.25, -0.2) is 4.79 Å². The molecule has 1 heterocycles. The number of ketones is 1. The molecule has 62 valence electrons. The van der Waals surface area contributed by atoms with Gasteiger partial charge >= 0.3 is 5.97 Å². The highest BCUT2D eigenvalue weighted by Gasteiger charge is 2.48. The lowest BCUT2D eigenvalue weighted by molar-refractivity contribution is -0.164. The number of carboxylic acids is 1. The van der Waals surface area contributed by atoms with E-state index in [9.17, 15) is 9.59 Å². The number of hydrogen-bond donors (Lipinski definition) is 1. The first-order valence-electron chi connectivity index (χ1n) is 3.41. The van der Waals surface area contributed by atoms with Crippen LogP contribution in [0.15, 0.2) is 0 Å². The lowest BCUT2D eigenvalue weighted by Gasteiger charge is -2.15. The van der Waals surface area contributed by atoms with Crippen LogP contribution in [0.1, 0.15) is 20.3 Å². The van der Waals surface area contributed by atoms with Crippen molar-refractivity contribution in [3.63, 3.8) is 0 Å². The number of rotatable bonds is 1. The summed E-state index contributed by atoms with van der Waals surface area (Å²) in [5.41, 5.74) is -1.60. The van der Waals surface area contributed by atoms with Gasteiger partial charge in [-0.2, -0.15) is 0 Å². The summed E-state index contributed by atoms with van der Waals surface area (Å²) in [6.07, 6.45) is -0.0772. The van der Waals surface area contributed by atoms with Gasteiger partial charge in [-0.3, -0.25) is 4.79 Å². The molecule has 2 unspecified atom stereocenters. The minimum absolute atomic E-state index is 0.197. The quantitative estimate of drug-likeness (QED) is 0.554. The first-order valence-corrected chi connectivity index (χ1v) is 3.41. The highest BCUT2D eigenvalue weighted by atomic mass is 16.5. The van der Waals surface area contributed by atoms with Crippen LogP contribution >= 0.6 is 0 Å². The molecule has 0 radical (unpaired) electrons. The molecule has 1 rings (SSSR count). The van der Waals surface area contributed by atoms with Crippen LogP contribution in [0, 0.1) is 0 Å². The number of carboxylic acid groups (broad SMARTS) is 1. The molecule has 0 amide bonds. The van der Waals surface area contributed by atoms with Gasteiger partial charge < -0.3 is 9.84 Å². The van der Waals surface area contributed by atoms with Crippen molar-refractivity contribution in [2.24, 2.45) is 0 Å². The third-order valence-electron chi connectivity index (χ3n) is 1.85. The smallest absolute Gasteiger partial charge is 0.343 e. The van der Waals surface area contributed by atoms with Gasteiger partial charge in [0.2, 0.25) is 5.60 Å². The van der Waals surface area contributed by atoms with E-state index in [-0.39, 0.29) is 18.3 Å². The van der Waals surface area contributed by atoms with Gasteiger partial charge in [-0.1, -0.05) is 0 Å². The monoisotopic (exact) mass is 158 g/mol. The SMILES string of the molecule is CC1CC(=O)C(C)(C(=O)O)O1. The zero-order valence-corrected chi connectivity index (χ0v) is 6.46. The Morgan fingerprint density at radius 3 is 2.55 bits per heavy atom. The molecule has 11 heavy (non-hydrogen) atoms. The summed E-state index contributed by atoms with van der Waals surface area (Å²) >= 11 is 0. The molecule has 0 aromatic rings. The fraction of sp³-hybridized carbons (Fsp3) is 0.714. The standard InChI is InChI=1S/C7H10O4/c1-4-3-5(8)7(2,11-4)6(9)10/h4H,3H2,1-2H3,(H,9,10). The topological polar surface area (TPSA) is 63.6 Å². The third-order valence-corrected chi connectivity index (χ3v) is 1.85. The second-order valence-corrected chi connectivity index (χ2v) is 2.89. The molecule has 1 aliphatic rings. The maximum absolute atomic E-state index is 11.0. The van der Waals surface area contributed by atoms with Crippen molar-refractivity contribution in [3.05, 3.63) is 0 Å². The number of carbonyl (C=O) groups is 2.